The summed E-state index contributed by atoms with van der Waals surface area (Å²) in [7, 11) is 1.82. The zero-order chi connectivity index (χ0) is 17.2. The Hall–Kier alpha value is -1.56. The molecule has 0 radical (unpaired) electrons. The van der Waals surface area contributed by atoms with Gasteiger partial charge in [0.1, 0.15) is 5.76 Å². The molecule has 1 aliphatic rings. The third-order valence-corrected chi connectivity index (χ3v) is 4.68. The molecule has 2 rings (SSSR count). The van der Waals surface area contributed by atoms with Gasteiger partial charge in [0.2, 0.25) is 0 Å². The molecular weight excluding hydrogens is 302 g/mol. The number of nitrogens with one attached hydrogen (secondary N) is 2. The van der Waals surface area contributed by atoms with Gasteiger partial charge >= 0.3 is 0 Å². The van der Waals surface area contributed by atoms with Crippen LogP contribution < -0.4 is 10.6 Å². The Morgan fingerprint density at radius 1 is 1.12 bits per heavy atom. The molecule has 0 amide bonds. The van der Waals surface area contributed by atoms with Gasteiger partial charge in [0.25, 0.3) is 0 Å². The van der Waals surface area contributed by atoms with Crippen LogP contribution in [0.4, 0.5) is 0 Å². The average molecular weight is 335 g/mol. The van der Waals surface area contributed by atoms with Crippen molar-refractivity contribution in [1.82, 2.24) is 20.7 Å². The van der Waals surface area contributed by atoms with E-state index >= 15 is 0 Å². The lowest BCUT2D eigenvalue weighted by molar-refractivity contribution is 0.289. The molecule has 0 atom stereocenters. The minimum Gasteiger partial charge on any atom is -0.361 e. The Bertz CT molecular complexity index is 482. The lowest BCUT2D eigenvalue weighted by Crippen LogP contribution is -2.41. The van der Waals surface area contributed by atoms with Crippen LogP contribution in [0.2, 0.25) is 0 Å². The molecule has 0 aliphatic carbocycles. The molecule has 0 spiro atoms. The molecule has 0 saturated carbocycles. The number of rotatable bonds is 7. The summed E-state index contributed by atoms with van der Waals surface area (Å²) < 4.78 is 5.42. The highest BCUT2D eigenvalue weighted by molar-refractivity contribution is 5.79. The molecule has 1 fully saturated rings. The Morgan fingerprint density at radius 3 is 2.50 bits per heavy atom. The van der Waals surface area contributed by atoms with Crippen LogP contribution in [0, 0.1) is 0 Å². The fourth-order valence-corrected chi connectivity index (χ4v) is 3.22. The molecule has 2 N–H and O–H groups in total. The van der Waals surface area contributed by atoms with Crippen LogP contribution in [0.1, 0.15) is 56.5 Å². The van der Waals surface area contributed by atoms with E-state index in [0.29, 0.717) is 6.54 Å². The third kappa shape index (κ3) is 5.51. The smallest absolute Gasteiger partial charge is 0.191 e. The van der Waals surface area contributed by atoms with E-state index in [-0.39, 0.29) is 0 Å². The highest BCUT2D eigenvalue weighted by Crippen LogP contribution is 2.15. The minimum atomic E-state index is 0.708. The Kier molecular flexibility index (Phi) is 8.08. The zero-order valence-electron chi connectivity index (χ0n) is 15.5. The molecule has 0 unspecified atom stereocenters. The number of hydrogen-bond acceptors (Lipinski definition) is 4. The molecular formula is C18H33N5O. The summed E-state index contributed by atoms with van der Waals surface area (Å²) in [5.41, 5.74) is 2.22. The Balaban J connectivity index is 1.77. The second kappa shape index (κ2) is 10.3. The van der Waals surface area contributed by atoms with Crippen LogP contribution in [-0.4, -0.2) is 49.2 Å². The summed E-state index contributed by atoms with van der Waals surface area (Å²) >= 11 is 0. The normalized spacial score (nSPS) is 16.9. The molecule has 6 heteroatoms. The topological polar surface area (TPSA) is 65.7 Å². The third-order valence-electron chi connectivity index (χ3n) is 4.68. The molecule has 1 aromatic rings. The lowest BCUT2D eigenvalue weighted by atomic mass is 10.1. The van der Waals surface area contributed by atoms with Crippen molar-refractivity contribution in [3.8, 4) is 0 Å². The molecule has 136 valence electrons. The van der Waals surface area contributed by atoms with Gasteiger partial charge < -0.3 is 20.1 Å². The number of nitrogens with zero attached hydrogens (tertiary/aromatic N) is 3. The first-order valence-corrected chi connectivity index (χ1v) is 9.41. The summed E-state index contributed by atoms with van der Waals surface area (Å²) in [6, 6.07) is 0. The van der Waals surface area contributed by atoms with Gasteiger partial charge in [-0.25, -0.2) is 0 Å². The van der Waals surface area contributed by atoms with E-state index < -0.39 is 0 Å². The molecule has 1 aromatic heterocycles. The predicted molar refractivity (Wildman–Crippen MR) is 98.4 cm³/mol. The summed E-state index contributed by atoms with van der Waals surface area (Å²) in [5.74, 6) is 1.81. The van der Waals surface area contributed by atoms with Gasteiger partial charge in [-0.2, -0.15) is 0 Å². The summed E-state index contributed by atoms with van der Waals surface area (Å²) in [6.45, 7) is 9.37. The number of aryl methyl sites for hydroxylation is 2. The van der Waals surface area contributed by atoms with E-state index in [4.69, 9.17) is 4.52 Å². The molecule has 6 nitrogen and oxygen atoms in total. The number of guanidine groups is 1. The second-order valence-electron chi connectivity index (χ2n) is 6.35. The maximum atomic E-state index is 5.42. The lowest BCUT2D eigenvalue weighted by Gasteiger charge is -2.20. The van der Waals surface area contributed by atoms with Crippen molar-refractivity contribution < 1.29 is 4.52 Å². The van der Waals surface area contributed by atoms with Crippen LogP contribution in [0.15, 0.2) is 9.52 Å². The number of aromatic nitrogens is 1. The zero-order valence-corrected chi connectivity index (χ0v) is 15.5. The first-order chi connectivity index (χ1) is 11.8. The highest BCUT2D eigenvalue weighted by Gasteiger charge is 2.14. The van der Waals surface area contributed by atoms with E-state index in [2.05, 4.69) is 39.5 Å². The monoisotopic (exact) mass is 335 g/mol. The van der Waals surface area contributed by atoms with Crippen LogP contribution in [-0.2, 0) is 19.4 Å². The number of aliphatic imine (C=N–C) groups is 1. The second-order valence-corrected chi connectivity index (χ2v) is 6.35. The van der Waals surface area contributed by atoms with Gasteiger partial charge in [-0.1, -0.05) is 31.8 Å². The first-order valence-electron chi connectivity index (χ1n) is 9.41. The van der Waals surface area contributed by atoms with E-state index in [0.717, 1.165) is 43.3 Å². The number of likely N-dealkylation sites (tertiary alicyclic amines) is 1. The van der Waals surface area contributed by atoms with Crippen molar-refractivity contribution >= 4 is 5.96 Å². The maximum absolute atomic E-state index is 5.42. The standard InChI is InChI=1S/C18H33N5O/c1-4-16-15(17(5-2)24-22-16)14-21-18(19-3)20-10-13-23-11-8-6-7-9-12-23/h4-14H2,1-3H3,(H2,19,20,21). The van der Waals surface area contributed by atoms with Crippen molar-refractivity contribution in [3.05, 3.63) is 17.0 Å². The van der Waals surface area contributed by atoms with Gasteiger partial charge in [0.15, 0.2) is 5.96 Å². The largest absolute Gasteiger partial charge is 0.361 e. The molecule has 1 saturated heterocycles. The fourth-order valence-electron chi connectivity index (χ4n) is 3.22. The van der Waals surface area contributed by atoms with Gasteiger partial charge in [-0.3, -0.25) is 4.99 Å². The fraction of sp³-hybridized carbons (Fsp3) is 0.778. The van der Waals surface area contributed by atoms with Crippen LogP contribution in [0.3, 0.4) is 0 Å². The molecule has 24 heavy (non-hydrogen) atoms. The van der Waals surface area contributed by atoms with E-state index in [1.165, 1.54) is 44.3 Å². The van der Waals surface area contributed by atoms with Gasteiger partial charge in [-0.05, 0) is 32.4 Å². The van der Waals surface area contributed by atoms with Gasteiger partial charge in [0.05, 0.1) is 5.69 Å². The van der Waals surface area contributed by atoms with Crippen LogP contribution >= 0.6 is 0 Å². The number of hydrogen-bond donors (Lipinski definition) is 2. The van der Waals surface area contributed by atoms with E-state index in [1.54, 1.807) is 0 Å². The molecule has 1 aliphatic heterocycles. The Labute approximate surface area is 146 Å². The Morgan fingerprint density at radius 2 is 1.88 bits per heavy atom. The van der Waals surface area contributed by atoms with Crippen molar-refractivity contribution in [2.45, 2.75) is 58.9 Å². The van der Waals surface area contributed by atoms with Crippen molar-refractivity contribution in [2.24, 2.45) is 4.99 Å². The van der Waals surface area contributed by atoms with Crippen molar-refractivity contribution in [2.75, 3.05) is 33.2 Å². The molecule has 0 bridgehead atoms. The average Bonchev–Trinajstić information content (AvgIpc) is 2.82. The summed E-state index contributed by atoms with van der Waals surface area (Å²) in [6.07, 6.45) is 7.18. The highest BCUT2D eigenvalue weighted by atomic mass is 16.5. The van der Waals surface area contributed by atoms with Crippen molar-refractivity contribution in [3.63, 3.8) is 0 Å². The molecule has 2 heterocycles. The summed E-state index contributed by atoms with van der Waals surface area (Å²) in [5, 5.41) is 11.0. The SMILES string of the molecule is CCc1noc(CC)c1CNC(=NC)NCCN1CCCCCC1. The predicted octanol–water partition coefficient (Wildman–Crippen LogP) is 2.34. The van der Waals surface area contributed by atoms with E-state index in [9.17, 15) is 0 Å². The molecule has 0 aromatic carbocycles. The van der Waals surface area contributed by atoms with Crippen LogP contribution in [0.5, 0.6) is 0 Å². The first kappa shape index (κ1) is 18.8. The maximum Gasteiger partial charge on any atom is 0.191 e. The van der Waals surface area contributed by atoms with Crippen LogP contribution in [0.25, 0.3) is 0 Å². The van der Waals surface area contributed by atoms with Gasteiger partial charge in [0, 0.05) is 38.7 Å². The minimum absolute atomic E-state index is 0.708. The van der Waals surface area contributed by atoms with Crippen molar-refractivity contribution in [1.29, 1.82) is 0 Å². The summed E-state index contributed by atoms with van der Waals surface area (Å²) in [4.78, 5) is 6.88. The van der Waals surface area contributed by atoms with E-state index in [1.807, 2.05) is 7.05 Å². The quantitative estimate of drug-likeness (QED) is 0.591. The van der Waals surface area contributed by atoms with Gasteiger partial charge in [-0.15, -0.1) is 0 Å².